The first-order chi connectivity index (χ1) is 9.76. The maximum absolute atomic E-state index is 5.78. The highest BCUT2D eigenvalue weighted by atomic mass is 16.5. The molecular weight excluding hydrogens is 248 g/mol. The van der Waals surface area contributed by atoms with Crippen molar-refractivity contribution in [3.8, 4) is 5.75 Å². The van der Waals surface area contributed by atoms with Gasteiger partial charge in [-0.15, -0.1) is 0 Å². The second kappa shape index (κ2) is 6.15. The molecule has 3 heteroatoms. The van der Waals surface area contributed by atoms with Gasteiger partial charge in [-0.25, -0.2) is 0 Å². The van der Waals surface area contributed by atoms with Crippen LogP contribution in [0.15, 0.2) is 18.2 Å². The van der Waals surface area contributed by atoms with Gasteiger partial charge in [0.05, 0.1) is 6.61 Å². The molecule has 1 aromatic rings. The average Bonchev–Trinajstić information content (AvgIpc) is 3.08. The number of hydrogen-bond donors (Lipinski definition) is 2. The minimum absolute atomic E-state index is 0.462. The van der Waals surface area contributed by atoms with Crippen LogP contribution in [-0.2, 0) is 12.8 Å². The Bertz CT molecular complexity index is 460. The number of fused-ring (bicyclic) bond motifs is 1. The lowest BCUT2D eigenvalue weighted by atomic mass is 9.92. The fourth-order valence-electron chi connectivity index (χ4n) is 3.79. The summed E-state index contributed by atoms with van der Waals surface area (Å²) in [6.07, 6.45) is 7.31. The zero-order chi connectivity index (χ0) is 13.9. The van der Waals surface area contributed by atoms with Crippen LogP contribution in [-0.4, -0.2) is 12.6 Å². The van der Waals surface area contributed by atoms with E-state index in [2.05, 4.69) is 30.5 Å². The Labute approximate surface area is 121 Å². The van der Waals surface area contributed by atoms with Gasteiger partial charge in [-0.05, 0) is 54.7 Å². The Morgan fingerprint density at radius 3 is 3.05 bits per heavy atom. The summed E-state index contributed by atoms with van der Waals surface area (Å²) >= 11 is 0. The van der Waals surface area contributed by atoms with Crippen molar-refractivity contribution in [1.29, 1.82) is 0 Å². The molecule has 1 aliphatic carbocycles. The van der Waals surface area contributed by atoms with Crippen LogP contribution < -0.4 is 16.0 Å². The van der Waals surface area contributed by atoms with Gasteiger partial charge < -0.3 is 4.74 Å². The van der Waals surface area contributed by atoms with Crippen molar-refractivity contribution in [1.82, 2.24) is 5.43 Å². The quantitative estimate of drug-likeness (QED) is 0.641. The Kier molecular flexibility index (Phi) is 4.27. The van der Waals surface area contributed by atoms with Crippen LogP contribution in [0.4, 0.5) is 0 Å². The van der Waals surface area contributed by atoms with Crippen LogP contribution in [0.2, 0.25) is 0 Å². The van der Waals surface area contributed by atoms with Gasteiger partial charge in [0.1, 0.15) is 5.75 Å². The summed E-state index contributed by atoms with van der Waals surface area (Å²) in [5.41, 5.74) is 5.85. The molecule has 0 amide bonds. The van der Waals surface area contributed by atoms with Gasteiger partial charge in [-0.1, -0.05) is 25.5 Å². The van der Waals surface area contributed by atoms with Crippen molar-refractivity contribution in [2.24, 2.45) is 17.7 Å². The largest absolute Gasteiger partial charge is 0.493 e. The SMILES string of the molecule is CC1CCC(C(CCc2ccc3c(c2)CCO3)NN)C1. The number of ether oxygens (including phenoxy) is 1. The lowest BCUT2D eigenvalue weighted by molar-refractivity contribution is 0.337. The normalized spacial score (nSPS) is 26.3. The minimum atomic E-state index is 0.462. The van der Waals surface area contributed by atoms with Crippen molar-refractivity contribution in [3.63, 3.8) is 0 Å². The number of aryl methyl sites for hydroxylation is 1. The van der Waals surface area contributed by atoms with Crippen LogP contribution in [0.5, 0.6) is 5.75 Å². The summed E-state index contributed by atoms with van der Waals surface area (Å²) < 4.78 is 5.56. The maximum atomic E-state index is 5.78. The highest BCUT2D eigenvalue weighted by molar-refractivity contribution is 5.39. The molecule has 0 saturated heterocycles. The molecular formula is C17H26N2O. The summed E-state index contributed by atoms with van der Waals surface area (Å²) in [6, 6.07) is 7.10. The second-order valence-electron chi connectivity index (χ2n) is 6.53. The van der Waals surface area contributed by atoms with Crippen molar-refractivity contribution in [3.05, 3.63) is 29.3 Å². The number of hydrogen-bond acceptors (Lipinski definition) is 3. The predicted octanol–water partition coefficient (Wildman–Crippen LogP) is 2.82. The van der Waals surface area contributed by atoms with Gasteiger partial charge >= 0.3 is 0 Å². The van der Waals surface area contributed by atoms with Gasteiger partial charge in [0.15, 0.2) is 0 Å². The van der Waals surface area contributed by atoms with E-state index < -0.39 is 0 Å². The van der Waals surface area contributed by atoms with Crippen molar-refractivity contribution in [2.75, 3.05) is 6.61 Å². The molecule has 3 unspecified atom stereocenters. The van der Waals surface area contributed by atoms with Crippen LogP contribution in [0, 0.1) is 11.8 Å². The second-order valence-corrected chi connectivity index (χ2v) is 6.53. The Morgan fingerprint density at radius 2 is 2.30 bits per heavy atom. The highest BCUT2D eigenvalue weighted by Crippen LogP contribution is 2.34. The molecule has 1 aliphatic heterocycles. The Morgan fingerprint density at radius 1 is 1.40 bits per heavy atom. The molecule has 20 heavy (non-hydrogen) atoms. The molecule has 2 aliphatic rings. The summed E-state index contributed by atoms with van der Waals surface area (Å²) in [6.45, 7) is 3.19. The van der Waals surface area contributed by atoms with E-state index in [1.165, 1.54) is 30.4 Å². The third-order valence-electron chi connectivity index (χ3n) is 5.02. The van der Waals surface area contributed by atoms with Crippen molar-refractivity contribution >= 4 is 0 Å². The standard InChI is InChI=1S/C17H26N2O/c1-12-2-5-14(10-12)16(19-18)6-3-13-4-7-17-15(11-13)8-9-20-17/h4,7,11-12,14,16,19H,2-3,5-6,8-10,18H2,1H3. The van der Waals surface area contributed by atoms with Crippen LogP contribution in [0.3, 0.4) is 0 Å². The summed E-state index contributed by atoms with van der Waals surface area (Å²) in [5.74, 6) is 8.48. The van der Waals surface area contributed by atoms with Gasteiger partial charge in [0.2, 0.25) is 0 Å². The smallest absolute Gasteiger partial charge is 0.122 e. The van der Waals surface area contributed by atoms with E-state index in [1.54, 1.807) is 0 Å². The molecule has 1 fully saturated rings. The van der Waals surface area contributed by atoms with E-state index in [9.17, 15) is 0 Å². The molecule has 0 spiro atoms. The van der Waals surface area contributed by atoms with Crippen LogP contribution in [0.25, 0.3) is 0 Å². The number of hydrazine groups is 1. The van der Waals surface area contributed by atoms with E-state index >= 15 is 0 Å². The van der Waals surface area contributed by atoms with Crippen LogP contribution in [0.1, 0.15) is 43.7 Å². The zero-order valence-corrected chi connectivity index (χ0v) is 12.4. The number of nitrogens with one attached hydrogen (secondary N) is 1. The zero-order valence-electron chi connectivity index (χ0n) is 12.4. The van der Waals surface area contributed by atoms with Gasteiger partial charge in [-0.3, -0.25) is 11.3 Å². The first kappa shape index (κ1) is 13.9. The fraction of sp³-hybridized carbons (Fsp3) is 0.647. The lowest BCUT2D eigenvalue weighted by Gasteiger charge is -2.23. The Hall–Kier alpha value is -1.06. The molecule has 1 heterocycles. The number of benzene rings is 1. The lowest BCUT2D eigenvalue weighted by Crippen LogP contribution is -2.40. The highest BCUT2D eigenvalue weighted by Gasteiger charge is 2.27. The molecule has 1 aromatic carbocycles. The van der Waals surface area contributed by atoms with Crippen LogP contribution >= 0.6 is 0 Å². The topological polar surface area (TPSA) is 47.3 Å². The van der Waals surface area contributed by atoms with E-state index in [0.29, 0.717) is 6.04 Å². The first-order valence-corrected chi connectivity index (χ1v) is 7.97. The monoisotopic (exact) mass is 274 g/mol. The first-order valence-electron chi connectivity index (χ1n) is 7.97. The molecule has 0 bridgehead atoms. The molecule has 3 atom stereocenters. The molecule has 0 aromatic heterocycles. The van der Waals surface area contributed by atoms with Crippen molar-refractivity contribution < 1.29 is 4.74 Å². The molecule has 0 radical (unpaired) electrons. The van der Waals surface area contributed by atoms with E-state index in [0.717, 1.165) is 43.5 Å². The predicted molar refractivity (Wildman–Crippen MR) is 81.6 cm³/mol. The van der Waals surface area contributed by atoms with E-state index in [-0.39, 0.29) is 0 Å². The third kappa shape index (κ3) is 2.99. The summed E-state index contributed by atoms with van der Waals surface area (Å²) in [4.78, 5) is 0. The fourth-order valence-corrected chi connectivity index (χ4v) is 3.79. The summed E-state index contributed by atoms with van der Waals surface area (Å²) in [7, 11) is 0. The maximum Gasteiger partial charge on any atom is 0.122 e. The van der Waals surface area contributed by atoms with Gasteiger partial charge in [0.25, 0.3) is 0 Å². The van der Waals surface area contributed by atoms with Gasteiger partial charge in [0, 0.05) is 12.5 Å². The molecule has 3 N–H and O–H groups in total. The Balaban J connectivity index is 1.57. The number of nitrogens with two attached hydrogens (primary N) is 1. The van der Waals surface area contributed by atoms with E-state index in [1.807, 2.05) is 0 Å². The van der Waals surface area contributed by atoms with E-state index in [4.69, 9.17) is 10.6 Å². The van der Waals surface area contributed by atoms with Crippen molar-refractivity contribution in [2.45, 2.75) is 51.5 Å². The third-order valence-corrected chi connectivity index (χ3v) is 5.02. The molecule has 3 nitrogen and oxygen atoms in total. The molecule has 1 saturated carbocycles. The minimum Gasteiger partial charge on any atom is -0.493 e. The molecule has 3 rings (SSSR count). The van der Waals surface area contributed by atoms with Gasteiger partial charge in [-0.2, -0.15) is 0 Å². The average molecular weight is 274 g/mol. The molecule has 110 valence electrons. The summed E-state index contributed by atoms with van der Waals surface area (Å²) in [5, 5.41) is 0. The number of rotatable bonds is 5.